The zero-order valence-electron chi connectivity index (χ0n) is 12.5. The fraction of sp³-hybridized carbons (Fsp3) is 0.188. The first-order chi connectivity index (χ1) is 11.0. The third-order valence-electron chi connectivity index (χ3n) is 3.53. The summed E-state index contributed by atoms with van der Waals surface area (Å²) in [7, 11) is -3.51. The van der Waals surface area contributed by atoms with Crippen molar-refractivity contribution < 1.29 is 8.42 Å². The van der Waals surface area contributed by atoms with Gasteiger partial charge in [0.25, 0.3) is 0 Å². The molecule has 0 amide bonds. The van der Waals surface area contributed by atoms with E-state index in [0.29, 0.717) is 13.0 Å². The maximum atomic E-state index is 12.3. The number of nitrogens with zero attached hydrogens (tertiary/aromatic N) is 2. The van der Waals surface area contributed by atoms with Crippen molar-refractivity contribution in [1.29, 1.82) is 0 Å². The number of hydrogen-bond acceptors (Lipinski definition) is 3. The number of aryl methyl sites for hydroxylation is 1. The Bertz CT molecular complexity index is 918. The fourth-order valence-corrected chi connectivity index (χ4v) is 3.65. The molecule has 7 heteroatoms. The zero-order valence-corrected chi connectivity index (χ0v) is 14.9. The summed E-state index contributed by atoms with van der Waals surface area (Å²) in [6, 6.07) is 10.7. The van der Waals surface area contributed by atoms with E-state index in [1.165, 1.54) is 0 Å². The largest absolute Gasteiger partial charge is 0.307 e. The monoisotopic (exact) mass is 393 g/mol. The van der Waals surface area contributed by atoms with Gasteiger partial charge in [0.1, 0.15) is 5.65 Å². The summed E-state index contributed by atoms with van der Waals surface area (Å²) in [6.07, 6.45) is 4.37. The minimum absolute atomic E-state index is 0.271. The molecule has 0 aliphatic rings. The van der Waals surface area contributed by atoms with Crippen LogP contribution >= 0.6 is 15.9 Å². The average Bonchev–Trinajstić information content (AvgIpc) is 2.92. The quantitative estimate of drug-likeness (QED) is 0.724. The summed E-state index contributed by atoms with van der Waals surface area (Å²) in [5.74, 6) is 0. The molecule has 3 rings (SSSR count). The van der Waals surface area contributed by atoms with E-state index in [-0.39, 0.29) is 4.90 Å². The van der Waals surface area contributed by atoms with Crippen LogP contribution < -0.4 is 4.72 Å². The number of benzene rings is 1. The summed E-state index contributed by atoms with van der Waals surface area (Å²) in [4.78, 5) is 4.72. The molecule has 0 saturated carbocycles. The highest BCUT2D eigenvalue weighted by Crippen LogP contribution is 2.19. The molecule has 0 unspecified atom stereocenters. The average molecular weight is 394 g/mol. The number of nitrogens with one attached hydrogen (secondary N) is 1. The Morgan fingerprint density at radius 1 is 1.26 bits per heavy atom. The first-order valence-electron chi connectivity index (χ1n) is 7.14. The number of pyridine rings is 1. The predicted molar refractivity (Wildman–Crippen MR) is 93.0 cm³/mol. The topological polar surface area (TPSA) is 63.5 Å². The van der Waals surface area contributed by atoms with Gasteiger partial charge in [0.15, 0.2) is 0 Å². The van der Waals surface area contributed by atoms with Crippen molar-refractivity contribution in [1.82, 2.24) is 14.1 Å². The molecule has 0 aliphatic carbocycles. The molecule has 2 heterocycles. The van der Waals surface area contributed by atoms with Crippen molar-refractivity contribution in [2.45, 2.75) is 18.2 Å². The van der Waals surface area contributed by atoms with E-state index in [4.69, 9.17) is 0 Å². The Morgan fingerprint density at radius 3 is 2.83 bits per heavy atom. The SMILES string of the molecule is Cc1cc(S(=O)(=O)NCCc2cn3ccccc3n2)ccc1Br. The van der Waals surface area contributed by atoms with Crippen molar-refractivity contribution >= 4 is 31.6 Å². The molecule has 0 saturated heterocycles. The molecule has 0 spiro atoms. The highest BCUT2D eigenvalue weighted by atomic mass is 79.9. The summed E-state index contributed by atoms with van der Waals surface area (Å²) in [5.41, 5.74) is 2.59. The van der Waals surface area contributed by atoms with Crippen LogP contribution in [0.2, 0.25) is 0 Å². The normalized spacial score (nSPS) is 11.9. The van der Waals surface area contributed by atoms with Gasteiger partial charge in [0, 0.05) is 29.8 Å². The fourth-order valence-electron chi connectivity index (χ4n) is 2.29. The number of aromatic nitrogens is 2. The second kappa shape index (κ2) is 6.43. The van der Waals surface area contributed by atoms with Gasteiger partial charge in [-0.25, -0.2) is 18.1 Å². The van der Waals surface area contributed by atoms with Crippen molar-refractivity contribution in [2.24, 2.45) is 0 Å². The van der Waals surface area contributed by atoms with Gasteiger partial charge < -0.3 is 4.40 Å². The molecule has 1 aromatic carbocycles. The first-order valence-corrected chi connectivity index (χ1v) is 9.42. The summed E-state index contributed by atoms with van der Waals surface area (Å²) < 4.78 is 30.0. The van der Waals surface area contributed by atoms with Gasteiger partial charge in [0.2, 0.25) is 10.0 Å². The molecule has 0 atom stereocenters. The molecule has 0 bridgehead atoms. The van der Waals surface area contributed by atoms with Crippen molar-refractivity contribution in [2.75, 3.05) is 6.54 Å². The standard InChI is InChI=1S/C16H16BrN3O2S/c1-12-10-14(5-6-15(12)17)23(21,22)18-8-7-13-11-20-9-3-2-4-16(20)19-13/h2-6,9-11,18H,7-8H2,1H3. The van der Waals surface area contributed by atoms with Crippen LogP contribution in [-0.4, -0.2) is 24.3 Å². The van der Waals surface area contributed by atoms with Crippen LogP contribution in [0.3, 0.4) is 0 Å². The third kappa shape index (κ3) is 3.63. The minimum atomic E-state index is -3.51. The molecule has 0 aliphatic heterocycles. The van der Waals surface area contributed by atoms with Gasteiger partial charge in [-0.1, -0.05) is 22.0 Å². The molecule has 0 radical (unpaired) electrons. The molecule has 3 aromatic rings. The minimum Gasteiger partial charge on any atom is -0.307 e. The van der Waals surface area contributed by atoms with Gasteiger partial charge in [0.05, 0.1) is 10.6 Å². The predicted octanol–water partition coefficient (Wildman–Crippen LogP) is 2.93. The molecular formula is C16H16BrN3O2S. The summed E-state index contributed by atoms with van der Waals surface area (Å²) in [6.45, 7) is 2.17. The van der Waals surface area contributed by atoms with E-state index in [1.54, 1.807) is 18.2 Å². The number of rotatable bonds is 5. The highest BCUT2D eigenvalue weighted by molar-refractivity contribution is 9.10. The summed E-state index contributed by atoms with van der Waals surface area (Å²) >= 11 is 3.37. The Morgan fingerprint density at radius 2 is 2.09 bits per heavy atom. The van der Waals surface area contributed by atoms with Gasteiger partial charge in [-0.05, 0) is 42.8 Å². The van der Waals surface area contributed by atoms with E-state index >= 15 is 0 Å². The molecular weight excluding hydrogens is 378 g/mol. The van der Waals surface area contributed by atoms with Crippen molar-refractivity contribution in [3.63, 3.8) is 0 Å². The smallest absolute Gasteiger partial charge is 0.240 e. The third-order valence-corrected chi connectivity index (χ3v) is 5.88. The molecule has 120 valence electrons. The molecule has 0 fully saturated rings. The first kappa shape index (κ1) is 16.2. The van der Waals surface area contributed by atoms with E-state index in [1.807, 2.05) is 41.9 Å². The second-order valence-corrected chi connectivity index (χ2v) is 7.88. The second-order valence-electron chi connectivity index (χ2n) is 5.26. The number of imidazole rings is 1. The van der Waals surface area contributed by atoms with Crippen molar-refractivity contribution in [3.8, 4) is 0 Å². The summed E-state index contributed by atoms with van der Waals surface area (Å²) in [5, 5.41) is 0. The van der Waals surface area contributed by atoms with Crippen molar-refractivity contribution in [3.05, 3.63) is 64.5 Å². The highest BCUT2D eigenvalue weighted by Gasteiger charge is 2.14. The molecule has 1 N–H and O–H groups in total. The van der Waals surface area contributed by atoms with Gasteiger partial charge >= 0.3 is 0 Å². The molecule has 23 heavy (non-hydrogen) atoms. The lowest BCUT2D eigenvalue weighted by molar-refractivity contribution is 0.581. The zero-order chi connectivity index (χ0) is 16.4. The van der Waals surface area contributed by atoms with Crippen LogP contribution in [0.15, 0.2) is 58.2 Å². The van der Waals surface area contributed by atoms with Crippen LogP contribution in [0.1, 0.15) is 11.3 Å². The Balaban J connectivity index is 1.68. The maximum absolute atomic E-state index is 12.3. The lowest BCUT2D eigenvalue weighted by Gasteiger charge is -2.07. The lowest BCUT2D eigenvalue weighted by Crippen LogP contribution is -2.26. The molecule has 5 nitrogen and oxygen atoms in total. The number of halogens is 1. The van der Waals surface area contributed by atoms with E-state index in [2.05, 4.69) is 25.6 Å². The maximum Gasteiger partial charge on any atom is 0.240 e. The van der Waals surface area contributed by atoms with Crippen LogP contribution in [-0.2, 0) is 16.4 Å². The number of sulfonamides is 1. The Labute approximate surface area is 143 Å². The Hall–Kier alpha value is -1.70. The van der Waals surface area contributed by atoms with Crippen LogP contribution in [0.4, 0.5) is 0 Å². The van der Waals surface area contributed by atoms with Crippen LogP contribution in [0.25, 0.3) is 5.65 Å². The number of fused-ring (bicyclic) bond motifs is 1. The van der Waals surface area contributed by atoms with E-state index in [9.17, 15) is 8.42 Å². The van der Waals surface area contributed by atoms with Crippen LogP contribution in [0.5, 0.6) is 0 Å². The van der Waals surface area contributed by atoms with Gasteiger partial charge in [-0.2, -0.15) is 0 Å². The van der Waals surface area contributed by atoms with Gasteiger partial charge in [-0.3, -0.25) is 0 Å². The number of hydrogen-bond donors (Lipinski definition) is 1. The van der Waals surface area contributed by atoms with E-state index < -0.39 is 10.0 Å². The Kier molecular flexibility index (Phi) is 4.52. The van der Waals surface area contributed by atoms with Crippen LogP contribution in [0, 0.1) is 6.92 Å². The lowest BCUT2D eigenvalue weighted by atomic mass is 10.2. The molecule has 2 aromatic heterocycles. The van der Waals surface area contributed by atoms with Gasteiger partial charge in [-0.15, -0.1) is 0 Å². The van der Waals surface area contributed by atoms with E-state index in [0.717, 1.165) is 21.4 Å².